The average molecular weight is 380 g/mol. The maximum Gasteiger partial charge on any atom is 0.173 e. The van der Waals surface area contributed by atoms with Crippen LogP contribution in [0.2, 0.25) is 0 Å². The van der Waals surface area contributed by atoms with Gasteiger partial charge in [0.1, 0.15) is 0 Å². The Kier molecular flexibility index (Phi) is 6.17. The maximum absolute atomic E-state index is 5.82. The summed E-state index contributed by atoms with van der Waals surface area (Å²) < 4.78 is 2.32. The van der Waals surface area contributed by atoms with Crippen LogP contribution in [0.4, 0.5) is 5.69 Å². The lowest BCUT2D eigenvalue weighted by atomic mass is 10.1. The van der Waals surface area contributed by atoms with Gasteiger partial charge in [0, 0.05) is 41.9 Å². The monoisotopic (exact) mass is 379 g/mol. The third-order valence-corrected chi connectivity index (χ3v) is 5.66. The van der Waals surface area contributed by atoms with Gasteiger partial charge in [-0.05, 0) is 62.7 Å². The lowest BCUT2D eigenvalue weighted by Gasteiger charge is -2.31. The van der Waals surface area contributed by atoms with Crippen LogP contribution in [0.5, 0.6) is 0 Å². The summed E-state index contributed by atoms with van der Waals surface area (Å²) in [6, 6.07) is 17.3. The molecule has 1 heterocycles. The lowest BCUT2D eigenvalue weighted by molar-refractivity contribution is 0.320. The van der Waals surface area contributed by atoms with E-state index >= 15 is 0 Å². The number of benzene rings is 2. The summed E-state index contributed by atoms with van der Waals surface area (Å²) in [5.41, 5.74) is 4.89. The Morgan fingerprint density at radius 1 is 1.11 bits per heavy atom. The molecule has 0 amide bonds. The summed E-state index contributed by atoms with van der Waals surface area (Å²) in [4.78, 5) is 2.31. The molecular weight excluding hydrogens is 350 g/mol. The highest BCUT2D eigenvalue weighted by molar-refractivity contribution is 7.80. The van der Waals surface area contributed by atoms with E-state index in [2.05, 4.69) is 91.1 Å². The molecule has 0 aliphatic rings. The Hall–Kier alpha value is -2.33. The Labute approximate surface area is 168 Å². The zero-order valence-electron chi connectivity index (χ0n) is 16.7. The second-order valence-corrected chi connectivity index (χ2v) is 7.47. The van der Waals surface area contributed by atoms with Crippen LogP contribution < -0.4 is 5.32 Å². The van der Waals surface area contributed by atoms with Crippen molar-refractivity contribution in [3.05, 3.63) is 65.9 Å². The van der Waals surface area contributed by atoms with Gasteiger partial charge < -0.3 is 14.8 Å². The SMILES string of the molecule is CCC(C)N(Cc1cn(CC)c2ccccc12)C(=S)Nc1ccccc1C. The molecule has 1 atom stereocenters. The van der Waals surface area contributed by atoms with Crippen molar-refractivity contribution in [2.24, 2.45) is 0 Å². The number of hydrogen-bond acceptors (Lipinski definition) is 1. The molecule has 0 bridgehead atoms. The van der Waals surface area contributed by atoms with Crippen molar-refractivity contribution in [3.63, 3.8) is 0 Å². The number of anilines is 1. The highest BCUT2D eigenvalue weighted by Gasteiger charge is 2.19. The van der Waals surface area contributed by atoms with Gasteiger partial charge in [-0.3, -0.25) is 0 Å². The van der Waals surface area contributed by atoms with Crippen LogP contribution in [0.15, 0.2) is 54.7 Å². The molecule has 1 aromatic heterocycles. The molecule has 27 heavy (non-hydrogen) atoms. The molecule has 3 rings (SSSR count). The Bertz CT molecular complexity index is 928. The molecule has 4 heteroatoms. The van der Waals surface area contributed by atoms with Crippen molar-refractivity contribution in [2.45, 2.75) is 53.2 Å². The average Bonchev–Trinajstić information content (AvgIpc) is 3.05. The predicted octanol–water partition coefficient (Wildman–Crippen LogP) is 5.97. The van der Waals surface area contributed by atoms with Crippen LogP contribution >= 0.6 is 12.2 Å². The van der Waals surface area contributed by atoms with E-state index in [0.717, 1.165) is 30.3 Å². The van der Waals surface area contributed by atoms with Gasteiger partial charge in [0.2, 0.25) is 0 Å². The minimum atomic E-state index is 0.359. The van der Waals surface area contributed by atoms with Crippen molar-refractivity contribution < 1.29 is 0 Å². The standard InChI is InChI=1S/C23H29N3S/c1-5-18(4)26(23(27)24-21-13-9-7-11-17(21)3)16-19-15-25(6-2)22-14-10-8-12-20(19)22/h7-15,18H,5-6,16H2,1-4H3,(H,24,27). The number of para-hydroxylation sites is 2. The molecule has 0 saturated carbocycles. The summed E-state index contributed by atoms with van der Waals surface area (Å²) in [5.74, 6) is 0. The van der Waals surface area contributed by atoms with Gasteiger partial charge in [-0.1, -0.05) is 43.3 Å². The van der Waals surface area contributed by atoms with E-state index in [4.69, 9.17) is 12.2 Å². The molecule has 0 spiro atoms. The highest BCUT2D eigenvalue weighted by Crippen LogP contribution is 2.24. The Morgan fingerprint density at radius 2 is 1.81 bits per heavy atom. The van der Waals surface area contributed by atoms with Gasteiger partial charge >= 0.3 is 0 Å². The molecule has 0 fully saturated rings. The van der Waals surface area contributed by atoms with Gasteiger partial charge in [0.05, 0.1) is 0 Å². The van der Waals surface area contributed by atoms with Crippen LogP contribution in [-0.4, -0.2) is 20.6 Å². The molecule has 1 N–H and O–H groups in total. The second-order valence-electron chi connectivity index (χ2n) is 7.09. The van der Waals surface area contributed by atoms with E-state index in [1.807, 2.05) is 6.07 Å². The molecule has 3 aromatic rings. The van der Waals surface area contributed by atoms with Crippen LogP contribution in [0.3, 0.4) is 0 Å². The molecule has 0 aliphatic heterocycles. The number of nitrogens with one attached hydrogen (secondary N) is 1. The zero-order valence-corrected chi connectivity index (χ0v) is 17.5. The van der Waals surface area contributed by atoms with Crippen LogP contribution in [0.1, 0.15) is 38.3 Å². The number of nitrogens with zero attached hydrogens (tertiary/aromatic N) is 2. The first-order valence-corrected chi connectivity index (χ1v) is 10.2. The number of aryl methyl sites for hydroxylation is 2. The van der Waals surface area contributed by atoms with E-state index < -0.39 is 0 Å². The van der Waals surface area contributed by atoms with Crippen molar-refractivity contribution in [3.8, 4) is 0 Å². The van der Waals surface area contributed by atoms with E-state index in [1.165, 1.54) is 22.0 Å². The first-order chi connectivity index (χ1) is 13.0. The number of rotatable bonds is 6. The van der Waals surface area contributed by atoms with E-state index in [0.29, 0.717) is 6.04 Å². The maximum atomic E-state index is 5.82. The number of thiocarbonyl (C=S) groups is 1. The molecular formula is C23H29N3S. The van der Waals surface area contributed by atoms with Crippen LogP contribution in [-0.2, 0) is 13.1 Å². The molecule has 142 valence electrons. The fraction of sp³-hybridized carbons (Fsp3) is 0.348. The molecule has 0 radical (unpaired) electrons. The van der Waals surface area contributed by atoms with Gasteiger partial charge in [-0.15, -0.1) is 0 Å². The molecule has 0 aliphatic carbocycles. The third kappa shape index (κ3) is 4.16. The van der Waals surface area contributed by atoms with E-state index in [9.17, 15) is 0 Å². The minimum Gasteiger partial charge on any atom is -0.347 e. The van der Waals surface area contributed by atoms with Gasteiger partial charge in [0.15, 0.2) is 5.11 Å². The quantitative estimate of drug-likeness (QED) is 0.533. The largest absolute Gasteiger partial charge is 0.347 e. The van der Waals surface area contributed by atoms with Crippen molar-refractivity contribution in [2.75, 3.05) is 5.32 Å². The van der Waals surface area contributed by atoms with Crippen LogP contribution in [0.25, 0.3) is 10.9 Å². The molecule has 2 aromatic carbocycles. The van der Waals surface area contributed by atoms with Crippen molar-refractivity contribution in [1.82, 2.24) is 9.47 Å². The van der Waals surface area contributed by atoms with Crippen LogP contribution in [0, 0.1) is 6.92 Å². The molecule has 3 nitrogen and oxygen atoms in total. The first-order valence-electron chi connectivity index (χ1n) is 9.75. The highest BCUT2D eigenvalue weighted by atomic mass is 32.1. The van der Waals surface area contributed by atoms with Gasteiger partial charge in [0.25, 0.3) is 0 Å². The summed E-state index contributed by atoms with van der Waals surface area (Å²) in [5, 5.41) is 5.56. The zero-order chi connectivity index (χ0) is 19.4. The number of fused-ring (bicyclic) bond motifs is 1. The van der Waals surface area contributed by atoms with E-state index in [1.54, 1.807) is 0 Å². The molecule has 0 saturated heterocycles. The molecule has 1 unspecified atom stereocenters. The first kappa shape index (κ1) is 19.4. The summed E-state index contributed by atoms with van der Waals surface area (Å²) in [6.07, 6.45) is 3.32. The topological polar surface area (TPSA) is 20.2 Å². The predicted molar refractivity (Wildman–Crippen MR) is 120 cm³/mol. The minimum absolute atomic E-state index is 0.359. The van der Waals surface area contributed by atoms with Crippen molar-refractivity contribution in [1.29, 1.82) is 0 Å². The van der Waals surface area contributed by atoms with Gasteiger partial charge in [-0.2, -0.15) is 0 Å². The Balaban J connectivity index is 1.90. The number of hydrogen-bond donors (Lipinski definition) is 1. The Morgan fingerprint density at radius 3 is 2.52 bits per heavy atom. The lowest BCUT2D eigenvalue weighted by Crippen LogP contribution is -2.40. The fourth-order valence-electron chi connectivity index (χ4n) is 3.44. The summed E-state index contributed by atoms with van der Waals surface area (Å²) in [7, 11) is 0. The van der Waals surface area contributed by atoms with Crippen molar-refractivity contribution >= 4 is 33.9 Å². The fourth-order valence-corrected chi connectivity index (χ4v) is 3.80. The van der Waals surface area contributed by atoms with E-state index in [-0.39, 0.29) is 0 Å². The normalized spacial score (nSPS) is 12.1. The third-order valence-electron chi connectivity index (χ3n) is 5.32. The summed E-state index contributed by atoms with van der Waals surface area (Å²) >= 11 is 5.82. The smallest absolute Gasteiger partial charge is 0.173 e. The van der Waals surface area contributed by atoms with Gasteiger partial charge in [-0.25, -0.2) is 0 Å². The second kappa shape index (κ2) is 8.57. The number of aromatic nitrogens is 1. The summed E-state index contributed by atoms with van der Waals surface area (Å²) in [6.45, 7) is 10.5.